The minimum Gasteiger partial charge on any atom is -0.481 e. The molecule has 1 rings (SSSR count). The van der Waals surface area contributed by atoms with Crippen molar-refractivity contribution in [2.75, 3.05) is 0 Å². The number of amides is 1. The van der Waals surface area contributed by atoms with E-state index in [1.54, 1.807) is 6.92 Å². The summed E-state index contributed by atoms with van der Waals surface area (Å²) in [4.78, 5) is 21.2. The van der Waals surface area contributed by atoms with Gasteiger partial charge in [0.1, 0.15) is 0 Å². The summed E-state index contributed by atoms with van der Waals surface area (Å²) in [6.45, 7) is 3.14. The van der Waals surface area contributed by atoms with Crippen molar-refractivity contribution in [3.63, 3.8) is 0 Å². The van der Waals surface area contributed by atoms with Gasteiger partial charge in [-0.25, -0.2) is 0 Å². The normalized spacial score (nSPS) is 33.7. The van der Waals surface area contributed by atoms with Gasteiger partial charge in [-0.1, -0.05) is 0 Å². The lowest BCUT2D eigenvalue weighted by atomic mass is 9.67. The highest BCUT2D eigenvalue weighted by Gasteiger charge is 2.46. The molecular formula is C8H13NO3. The van der Waals surface area contributed by atoms with Gasteiger partial charge in [-0.2, -0.15) is 0 Å². The van der Waals surface area contributed by atoms with Crippen LogP contribution in [0, 0.1) is 5.41 Å². The molecule has 2 N–H and O–H groups in total. The Bertz CT molecular complexity index is 218. The number of carbonyl (C=O) groups is 2. The van der Waals surface area contributed by atoms with E-state index in [-0.39, 0.29) is 11.9 Å². The van der Waals surface area contributed by atoms with Crippen LogP contribution in [0.4, 0.5) is 0 Å². The van der Waals surface area contributed by atoms with Crippen LogP contribution in [-0.2, 0) is 9.59 Å². The van der Waals surface area contributed by atoms with Gasteiger partial charge in [-0.15, -0.1) is 0 Å². The summed E-state index contributed by atoms with van der Waals surface area (Å²) in [6.07, 6.45) is 1.09. The van der Waals surface area contributed by atoms with Crippen molar-refractivity contribution in [3.05, 3.63) is 0 Å². The molecular weight excluding hydrogens is 158 g/mol. The number of aliphatic carboxylic acids is 1. The number of carbonyl (C=O) groups excluding carboxylic acids is 1. The molecule has 0 aromatic heterocycles. The number of hydrogen-bond donors (Lipinski definition) is 2. The molecule has 0 saturated heterocycles. The number of hydrogen-bond acceptors (Lipinski definition) is 2. The Labute approximate surface area is 71.0 Å². The fourth-order valence-corrected chi connectivity index (χ4v) is 1.59. The summed E-state index contributed by atoms with van der Waals surface area (Å²) in [6, 6.07) is 0.0589. The maximum absolute atomic E-state index is 10.6. The van der Waals surface area contributed by atoms with Crippen LogP contribution in [0.15, 0.2) is 0 Å². The zero-order chi connectivity index (χ0) is 9.35. The molecule has 0 aliphatic heterocycles. The van der Waals surface area contributed by atoms with Gasteiger partial charge in [0.25, 0.3) is 0 Å². The van der Waals surface area contributed by atoms with E-state index in [1.807, 2.05) is 0 Å². The van der Waals surface area contributed by atoms with Crippen LogP contribution >= 0.6 is 0 Å². The second-order valence-electron chi connectivity index (χ2n) is 3.67. The zero-order valence-electron chi connectivity index (χ0n) is 7.26. The van der Waals surface area contributed by atoms with E-state index in [0.717, 1.165) is 0 Å². The number of nitrogens with one attached hydrogen (secondary N) is 1. The van der Waals surface area contributed by atoms with Gasteiger partial charge in [0.05, 0.1) is 5.41 Å². The summed E-state index contributed by atoms with van der Waals surface area (Å²) >= 11 is 0. The Kier molecular flexibility index (Phi) is 2.08. The second-order valence-corrected chi connectivity index (χ2v) is 3.67. The predicted octanol–water partition coefficient (Wildman–Crippen LogP) is 0.376. The number of carboxylic acids is 1. The summed E-state index contributed by atoms with van der Waals surface area (Å²) in [7, 11) is 0. The van der Waals surface area contributed by atoms with E-state index < -0.39 is 11.4 Å². The first-order chi connectivity index (χ1) is 5.44. The summed E-state index contributed by atoms with van der Waals surface area (Å²) in [5, 5.41) is 11.4. The Balaban J connectivity index is 2.37. The van der Waals surface area contributed by atoms with E-state index in [4.69, 9.17) is 5.11 Å². The third-order valence-corrected chi connectivity index (χ3v) is 2.32. The molecule has 1 amide bonds. The van der Waals surface area contributed by atoms with Crippen molar-refractivity contribution in [1.29, 1.82) is 0 Å². The molecule has 0 radical (unpaired) electrons. The van der Waals surface area contributed by atoms with Gasteiger partial charge in [0.15, 0.2) is 0 Å². The molecule has 0 atom stereocenters. The van der Waals surface area contributed by atoms with Crippen molar-refractivity contribution in [2.45, 2.75) is 32.7 Å². The summed E-state index contributed by atoms with van der Waals surface area (Å²) < 4.78 is 0. The summed E-state index contributed by atoms with van der Waals surface area (Å²) in [5.74, 6) is -0.864. The van der Waals surface area contributed by atoms with Crippen LogP contribution in [0.2, 0.25) is 0 Å². The van der Waals surface area contributed by atoms with E-state index in [0.29, 0.717) is 12.8 Å². The van der Waals surface area contributed by atoms with Gasteiger partial charge in [-0.05, 0) is 19.8 Å². The lowest BCUT2D eigenvalue weighted by molar-refractivity contribution is -0.155. The van der Waals surface area contributed by atoms with Crippen molar-refractivity contribution in [2.24, 2.45) is 5.41 Å². The molecule has 0 aromatic carbocycles. The maximum Gasteiger partial charge on any atom is 0.309 e. The maximum atomic E-state index is 10.6. The first-order valence-corrected chi connectivity index (χ1v) is 3.94. The molecule has 1 saturated carbocycles. The van der Waals surface area contributed by atoms with Gasteiger partial charge < -0.3 is 10.4 Å². The van der Waals surface area contributed by atoms with Gasteiger partial charge >= 0.3 is 5.97 Å². The molecule has 1 fully saturated rings. The first kappa shape index (κ1) is 9.03. The summed E-state index contributed by atoms with van der Waals surface area (Å²) in [5.41, 5.74) is -0.618. The van der Waals surface area contributed by atoms with E-state index in [2.05, 4.69) is 5.32 Å². The molecule has 68 valence electrons. The third-order valence-electron chi connectivity index (χ3n) is 2.32. The monoisotopic (exact) mass is 171 g/mol. The van der Waals surface area contributed by atoms with Crippen molar-refractivity contribution >= 4 is 11.9 Å². The topological polar surface area (TPSA) is 66.4 Å². The standard InChI is InChI=1S/C8H13NO3/c1-5(10)9-6-3-8(2,4-6)7(11)12/h6H,3-4H2,1-2H3,(H,9,10)(H,11,12). The van der Waals surface area contributed by atoms with Crippen LogP contribution < -0.4 is 5.32 Å². The number of rotatable bonds is 2. The van der Waals surface area contributed by atoms with Crippen LogP contribution in [0.1, 0.15) is 26.7 Å². The fourth-order valence-electron chi connectivity index (χ4n) is 1.59. The lowest BCUT2D eigenvalue weighted by Crippen LogP contribution is -2.52. The average Bonchev–Trinajstić information content (AvgIpc) is 1.82. The van der Waals surface area contributed by atoms with Crippen molar-refractivity contribution < 1.29 is 14.7 Å². The largest absolute Gasteiger partial charge is 0.481 e. The highest BCUT2D eigenvalue weighted by Crippen LogP contribution is 2.40. The minimum atomic E-state index is -0.774. The Morgan fingerprint density at radius 1 is 1.50 bits per heavy atom. The van der Waals surface area contributed by atoms with Gasteiger partial charge in [-0.3, -0.25) is 9.59 Å². The fraction of sp³-hybridized carbons (Fsp3) is 0.750. The molecule has 4 nitrogen and oxygen atoms in total. The molecule has 0 unspecified atom stereocenters. The molecule has 12 heavy (non-hydrogen) atoms. The molecule has 0 heterocycles. The van der Waals surface area contributed by atoms with Crippen molar-refractivity contribution in [3.8, 4) is 0 Å². The minimum absolute atomic E-state index is 0.0589. The van der Waals surface area contributed by atoms with Crippen LogP contribution in [0.5, 0.6) is 0 Å². The lowest BCUT2D eigenvalue weighted by Gasteiger charge is -2.41. The van der Waals surface area contributed by atoms with Gasteiger partial charge in [0.2, 0.25) is 5.91 Å². The zero-order valence-corrected chi connectivity index (χ0v) is 7.26. The first-order valence-electron chi connectivity index (χ1n) is 3.94. The third kappa shape index (κ3) is 1.57. The second kappa shape index (κ2) is 2.77. The number of carboxylic acid groups (broad SMARTS) is 1. The smallest absolute Gasteiger partial charge is 0.309 e. The SMILES string of the molecule is CC(=O)NC1CC(C)(C(=O)O)C1. The molecule has 0 spiro atoms. The molecule has 4 heteroatoms. The Morgan fingerprint density at radius 2 is 2.00 bits per heavy atom. The van der Waals surface area contributed by atoms with Crippen LogP contribution in [-0.4, -0.2) is 23.0 Å². The quantitative estimate of drug-likeness (QED) is 0.631. The highest BCUT2D eigenvalue weighted by atomic mass is 16.4. The Morgan fingerprint density at radius 3 is 2.33 bits per heavy atom. The Hall–Kier alpha value is -1.06. The van der Waals surface area contributed by atoms with E-state index in [1.165, 1.54) is 6.92 Å². The molecule has 1 aliphatic rings. The van der Waals surface area contributed by atoms with E-state index in [9.17, 15) is 9.59 Å². The van der Waals surface area contributed by atoms with Crippen LogP contribution in [0.3, 0.4) is 0 Å². The predicted molar refractivity (Wildman–Crippen MR) is 42.6 cm³/mol. The molecule has 1 aliphatic carbocycles. The average molecular weight is 171 g/mol. The molecule has 0 bridgehead atoms. The molecule has 0 aromatic rings. The highest BCUT2D eigenvalue weighted by molar-refractivity contribution is 5.77. The van der Waals surface area contributed by atoms with Crippen molar-refractivity contribution in [1.82, 2.24) is 5.32 Å². The van der Waals surface area contributed by atoms with E-state index >= 15 is 0 Å². The van der Waals surface area contributed by atoms with Crippen LogP contribution in [0.25, 0.3) is 0 Å². The van der Waals surface area contributed by atoms with Gasteiger partial charge in [0, 0.05) is 13.0 Å².